The van der Waals surface area contributed by atoms with E-state index in [1.165, 1.54) is 55.3 Å². The van der Waals surface area contributed by atoms with E-state index in [0.717, 1.165) is 17.1 Å². The summed E-state index contributed by atoms with van der Waals surface area (Å²) in [6, 6.07) is 71.8. The standard InChI is InChI=1S/C46H33N/c1-5-14-34(15-6-1)39-27-31-46(45(33-39)37-18-9-3-10-19-37)47(41-21-11-4-12-22-41)42-28-24-35(25-29-42)38-26-30-44-40(32-38)20-13-23-43(44)36-16-7-2-8-17-36/h1-33H. The molecule has 0 unspecified atom stereocenters. The molecule has 1 nitrogen and oxygen atoms in total. The van der Waals surface area contributed by atoms with Crippen molar-refractivity contribution in [1.29, 1.82) is 0 Å². The zero-order chi connectivity index (χ0) is 31.4. The highest BCUT2D eigenvalue weighted by Gasteiger charge is 2.18. The van der Waals surface area contributed by atoms with Crippen LogP contribution in [0.4, 0.5) is 17.1 Å². The van der Waals surface area contributed by atoms with Gasteiger partial charge in [0.05, 0.1) is 5.69 Å². The average Bonchev–Trinajstić information content (AvgIpc) is 3.16. The van der Waals surface area contributed by atoms with Crippen molar-refractivity contribution in [1.82, 2.24) is 0 Å². The molecule has 0 aliphatic rings. The molecule has 0 aliphatic carbocycles. The summed E-state index contributed by atoms with van der Waals surface area (Å²) in [6.07, 6.45) is 0. The molecule has 0 N–H and O–H groups in total. The van der Waals surface area contributed by atoms with Crippen molar-refractivity contribution >= 4 is 27.8 Å². The number of fused-ring (bicyclic) bond motifs is 1. The van der Waals surface area contributed by atoms with Crippen LogP contribution < -0.4 is 4.90 Å². The van der Waals surface area contributed by atoms with Gasteiger partial charge in [-0.1, -0.05) is 158 Å². The van der Waals surface area contributed by atoms with Crippen molar-refractivity contribution < 1.29 is 0 Å². The zero-order valence-corrected chi connectivity index (χ0v) is 26.0. The fourth-order valence-electron chi connectivity index (χ4n) is 6.53. The van der Waals surface area contributed by atoms with Crippen LogP contribution in [-0.4, -0.2) is 0 Å². The lowest BCUT2D eigenvalue weighted by atomic mass is 9.95. The summed E-state index contributed by atoms with van der Waals surface area (Å²) < 4.78 is 0. The molecule has 0 aromatic heterocycles. The van der Waals surface area contributed by atoms with Crippen LogP contribution >= 0.6 is 0 Å². The van der Waals surface area contributed by atoms with Gasteiger partial charge in [-0.05, 0) is 92.2 Å². The van der Waals surface area contributed by atoms with Gasteiger partial charge in [-0.2, -0.15) is 0 Å². The molecule has 1 heteroatoms. The first kappa shape index (κ1) is 28.3. The van der Waals surface area contributed by atoms with E-state index in [1.54, 1.807) is 0 Å². The van der Waals surface area contributed by atoms with Gasteiger partial charge in [0.1, 0.15) is 0 Å². The van der Waals surface area contributed by atoms with Crippen LogP contribution in [0.15, 0.2) is 200 Å². The van der Waals surface area contributed by atoms with Gasteiger partial charge in [0.25, 0.3) is 0 Å². The molecule has 0 amide bonds. The molecule has 0 saturated heterocycles. The SMILES string of the molecule is c1ccc(-c2ccc(N(c3ccccc3)c3ccc(-c4ccc5c(-c6ccccc6)cccc5c4)cc3)c(-c3ccccc3)c2)cc1. The van der Waals surface area contributed by atoms with Crippen molar-refractivity contribution in [3.05, 3.63) is 200 Å². The number of rotatable bonds is 7. The molecule has 8 aromatic carbocycles. The summed E-state index contributed by atoms with van der Waals surface area (Å²) in [5.41, 5.74) is 13.0. The fourth-order valence-corrected chi connectivity index (χ4v) is 6.53. The second kappa shape index (κ2) is 12.7. The zero-order valence-electron chi connectivity index (χ0n) is 26.0. The predicted octanol–water partition coefficient (Wildman–Crippen LogP) is 13.0. The molecule has 0 saturated carbocycles. The van der Waals surface area contributed by atoms with Gasteiger partial charge in [-0.3, -0.25) is 0 Å². The second-order valence-corrected chi connectivity index (χ2v) is 11.8. The molecule has 0 fully saturated rings. The van der Waals surface area contributed by atoms with E-state index in [2.05, 4.69) is 205 Å². The van der Waals surface area contributed by atoms with Crippen LogP contribution in [0.2, 0.25) is 0 Å². The second-order valence-electron chi connectivity index (χ2n) is 11.8. The Bertz CT molecular complexity index is 2260. The Balaban J connectivity index is 1.21. The molecule has 0 atom stereocenters. The summed E-state index contributed by atoms with van der Waals surface area (Å²) in [5, 5.41) is 2.51. The van der Waals surface area contributed by atoms with Crippen LogP contribution in [0.25, 0.3) is 55.3 Å². The van der Waals surface area contributed by atoms with Crippen LogP contribution in [0.1, 0.15) is 0 Å². The Kier molecular flexibility index (Phi) is 7.63. The summed E-state index contributed by atoms with van der Waals surface area (Å²) in [7, 11) is 0. The summed E-state index contributed by atoms with van der Waals surface area (Å²) in [5.74, 6) is 0. The van der Waals surface area contributed by atoms with Gasteiger partial charge in [0.15, 0.2) is 0 Å². The van der Waals surface area contributed by atoms with Crippen molar-refractivity contribution in [2.24, 2.45) is 0 Å². The average molecular weight is 600 g/mol. The number of hydrogen-bond acceptors (Lipinski definition) is 1. The molecule has 47 heavy (non-hydrogen) atoms. The van der Waals surface area contributed by atoms with Crippen molar-refractivity contribution in [3.8, 4) is 44.5 Å². The highest BCUT2D eigenvalue weighted by molar-refractivity contribution is 5.99. The molecule has 0 aliphatic heterocycles. The highest BCUT2D eigenvalue weighted by atomic mass is 15.1. The molecule has 0 spiro atoms. The van der Waals surface area contributed by atoms with E-state index in [0.29, 0.717) is 0 Å². The van der Waals surface area contributed by atoms with E-state index >= 15 is 0 Å². The van der Waals surface area contributed by atoms with E-state index in [1.807, 2.05) is 0 Å². The van der Waals surface area contributed by atoms with Gasteiger partial charge in [0.2, 0.25) is 0 Å². The molecular weight excluding hydrogens is 567 g/mol. The third kappa shape index (κ3) is 5.72. The minimum absolute atomic E-state index is 1.11. The Labute approximate surface area is 276 Å². The fraction of sp³-hybridized carbons (Fsp3) is 0. The summed E-state index contributed by atoms with van der Waals surface area (Å²) in [6.45, 7) is 0. The topological polar surface area (TPSA) is 3.24 Å². The van der Waals surface area contributed by atoms with Crippen molar-refractivity contribution in [2.75, 3.05) is 4.90 Å². The van der Waals surface area contributed by atoms with E-state index in [4.69, 9.17) is 0 Å². The number of nitrogens with zero attached hydrogens (tertiary/aromatic N) is 1. The molecule has 0 radical (unpaired) electrons. The Morgan fingerprint density at radius 1 is 0.277 bits per heavy atom. The number of anilines is 3. The molecular formula is C46H33N. The summed E-state index contributed by atoms with van der Waals surface area (Å²) >= 11 is 0. The maximum atomic E-state index is 2.37. The molecule has 0 heterocycles. The molecule has 8 aromatic rings. The van der Waals surface area contributed by atoms with Gasteiger partial charge >= 0.3 is 0 Å². The lowest BCUT2D eigenvalue weighted by Gasteiger charge is -2.28. The lowest BCUT2D eigenvalue weighted by Crippen LogP contribution is -2.11. The maximum Gasteiger partial charge on any atom is 0.0540 e. The largest absolute Gasteiger partial charge is 0.310 e. The third-order valence-electron chi connectivity index (χ3n) is 8.87. The van der Waals surface area contributed by atoms with Crippen LogP contribution in [0.3, 0.4) is 0 Å². The first-order valence-corrected chi connectivity index (χ1v) is 16.1. The van der Waals surface area contributed by atoms with Crippen molar-refractivity contribution in [3.63, 3.8) is 0 Å². The van der Waals surface area contributed by atoms with E-state index < -0.39 is 0 Å². The third-order valence-corrected chi connectivity index (χ3v) is 8.87. The minimum Gasteiger partial charge on any atom is -0.310 e. The molecule has 222 valence electrons. The number of benzene rings is 8. The quantitative estimate of drug-likeness (QED) is 0.176. The Morgan fingerprint density at radius 2 is 0.766 bits per heavy atom. The smallest absolute Gasteiger partial charge is 0.0540 e. The number of hydrogen-bond donors (Lipinski definition) is 0. The van der Waals surface area contributed by atoms with Gasteiger partial charge in [-0.25, -0.2) is 0 Å². The van der Waals surface area contributed by atoms with Gasteiger partial charge in [-0.15, -0.1) is 0 Å². The Morgan fingerprint density at radius 3 is 1.43 bits per heavy atom. The first-order valence-electron chi connectivity index (χ1n) is 16.1. The first-order chi connectivity index (χ1) is 23.3. The van der Waals surface area contributed by atoms with E-state index in [9.17, 15) is 0 Å². The highest BCUT2D eigenvalue weighted by Crippen LogP contribution is 2.43. The van der Waals surface area contributed by atoms with Gasteiger partial charge in [0, 0.05) is 16.9 Å². The monoisotopic (exact) mass is 599 g/mol. The minimum atomic E-state index is 1.11. The summed E-state index contributed by atoms with van der Waals surface area (Å²) in [4.78, 5) is 2.37. The predicted molar refractivity (Wildman–Crippen MR) is 200 cm³/mol. The van der Waals surface area contributed by atoms with Crippen molar-refractivity contribution in [2.45, 2.75) is 0 Å². The molecule has 0 bridgehead atoms. The van der Waals surface area contributed by atoms with Crippen LogP contribution in [-0.2, 0) is 0 Å². The Hall–Kier alpha value is -6.18. The molecule has 8 rings (SSSR count). The normalized spacial score (nSPS) is 11.0. The maximum absolute atomic E-state index is 2.37. The van der Waals surface area contributed by atoms with Crippen LogP contribution in [0.5, 0.6) is 0 Å². The van der Waals surface area contributed by atoms with Gasteiger partial charge < -0.3 is 4.90 Å². The lowest BCUT2D eigenvalue weighted by molar-refractivity contribution is 1.28. The van der Waals surface area contributed by atoms with Crippen LogP contribution in [0, 0.1) is 0 Å². The number of para-hydroxylation sites is 1. The van der Waals surface area contributed by atoms with E-state index in [-0.39, 0.29) is 0 Å².